The molecule has 0 aliphatic heterocycles. The van der Waals surface area contributed by atoms with Crippen LogP contribution in [0.15, 0.2) is 6.33 Å². The molecule has 0 aliphatic carbocycles. The van der Waals surface area contributed by atoms with Crippen molar-refractivity contribution in [2.45, 2.75) is 38.4 Å². The van der Waals surface area contributed by atoms with Gasteiger partial charge in [-0.05, 0) is 20.3 Å². The molecule has 0 unspecified atom stereocenters. The first-order valence-electron chi connectivity index (χ1n) is 6.68. The lowest BCUT2D eigenvalue weighted by Crippen LogP contribution is -2.38. The smallest absolute Gasteiger partial charge is 0.154 e. The Kier molecular flexibility index (Phi) is 5.33. The maximum atomic E-state index is 11.7. The van der Waals surface area contributed by atoms with Crippen LogP contribution in [-0.4, -0.2) is 43.0 Å². The largest absolute Gasteiger partial charge is 0.373 e. The summed E-state index contributed by atoms with van der Waals surface area (Å²) in [5.74, 6) is 1.48. The fourth-order valence-electron chi connectivity index (χ4n) is 1.69. The SMILES string of the molecule is CCCc1c(NC)ncnc1NCC(C)(C)S(C)(=O)=O. The zero-order valence-electron chi connectivity index (χ0n) is 12.8. The third kappa shape index (κ3) is 3.82. The molecule has 7 heteroatoms. The van der Waals surface area contributed by atoms with Gasteiger partial charge in [-0.3, -0.25) is 0 Å². The minimum atomic E-state index is -3.13. The highest BCUT2D eigenvalue weighted by molar-refractivity contribution is 7.92. The molecule has 1 aromatic heterocycles. The first-order chi connectivity index (χ1) is 9.23. The number of hydrogen-bond acceptors (Lipinski definition) is 6. The molecule has 0 amide bonds. The van der Waals surface area contributed by atoms with Gasteiger partial charge in [-0.15, -0.1) is 0 Å². The van der Waals surface area contributed by atoms with E-state index in [1.54, 1.807) is 13.8 Å². The Morgan fingerprint density at radius 3 is 2.35 bits per heavy atom. The van der Waals surface area contributed by atoms with Gasteiger partial charge in [0.05, 0.1) is 4.75 Å². The highest BCUT2D eigenvalue weighted by atomic mass is 32.2. The summed E-state index contributed by atoms with van der Waals surface area (Å²) < 4.78 is 22.6. The lowest BCUT2D eigenvalue weighted by Gasteiger charge is -2.24. The van der Waals surface area contributed by atoms with Crippen LogP contribution in [-0.2, 0) is 16.3 Å². The molecule has 114 valence electrons. The van der Waals surface area contributed by atoms with Gasteiger partial charge >= 0.3 is 0 Å². The molecule has 0 fully saturated rings. The number of rotatable bonds is 7. The predicted octanol–water partition coefficient (Wildman–Crippen LogP) is 1.71. The Morgan fingerprint density at radius 1 is 1.25 bits per heavy atom. The quantitative estimate of drug-likeness (QED) is 0.797. The van der Waals surface area contributed by atoms with Gasteiger partial charge in [-0.25, -0.2) is 18.4 Å². The lowest BCUT2D eigenvalue weighted by molar-refractivity contribution is 0.559. The van der Waals surface area contributed by atoms with Crippen molar-refractivity contribution >= 4 is 21.5 Å². The molecule has 6 nitrogen and oxygen atoms in total. The summed E-state index contributed by atoms with van der Waals surface area (Å²) in [4.78, 5) is 8.42. The number of sulfone groups is 1. The van der Waals surface area contributed by atoms with Crippen LogP contribution in [0.1, 0.15) is 32.8 Å². The molecule has 20 heavy (non-hydrogen) atoms. The Bertz CT molecular complexity index is 555. The minimum Gasteiger partial charge on any atom is -0.373 e. The first-order valence-corrected chi connectivity index (χ1v) is 8.57. The van der Waals surface area contributed by atoms with Crippen molar-refractivity contribution in [2.75, 3.05) is 30.5 Å². The molecular weight excluding hydrogens is 276 g/mol. The average molecular weight is 300 g/mol. The molecule has 0 spiro atoms. The summed E-state index contributed by atoms with van der Waals surface area (Å²) in [7, 11) is -1.32. The standard InChI is InChI=1S/C13H24N4O2S/c1-6-7-10-11(14-4)16-9-17-12(10)15-8-13(2,3)20(5,18)19/h9H,6-8H2,1-5H3,(H2,14,15,16,17). The van der Waals surface area contributed by atoms with Crippen molar-refractivity contribution in [1.29, 1.82) is 0 Å². The van der Waals surface area contributed by atoms with Crippen LogP contribution >= 0.6 is 0 Å². The number of nitrogens with one attached hydrogen (secondary N) is 2. The van der Waals surface area contributed by atoms with E-state index >= 15 is 0 Å². The van der Waals surface area contributed by atoms with E-state index in [0.29, 0.717) is 12.4 Å². The molecule has 1 aromatic rings. The molecule has 0 aliphatic rings. The van der Waals surface area contributed by atoms with E-state index in [4.69, 9.17) is 0 Å². The van der Waals surface area contributed by atoms with Crippen LogP contribution in [0.2, 0.25) is 0 Å². The second-order valence-corrected chi connectivity index (χ2v) is 8.08. The molecule has 0 saturated heterocycles. The van der Waals surface area contributed by atoms with E-state index < -0.39 is 14.6 Å². The van der Waals surface area contributed by atoms with E-state index in [9.17, 15) is 8.42 Å². The van der Waals surface area contributed by atoms with Crippen LogP contribution in [0.25, 0.3) is 0 Å². The summed E-state index contributed by atoms with van der Waals surface area (Å²) in [5, 5.41) is 6.19. The summed E-state index contributed by atoms with van der Waals surface area (Å²) >= 11 is 0. The normalized spacial score (nSPS) is 12.2. The van der Waals surface area contributed by atoms with Gasteiger partial charge in [0.2, 0.25) is 0 Å². The van der Waals surface area contributed by atoms with Crippen LogP contribution < -0.4 is 10.6 Å². The van der Waals surface area contributed by atoms with Crippen molar-refractivity contribution in [3.8, 4) is 0 Å². The Hall–Kier alpha value is -1.37. The summed E-state index contributed by atoms with van der Waals surface area (Å²) in [6, 6.07) is 0. The molecule has 0 radical (unpaired) electrons. The number of hydrogen-bond donors (Lipinski definition) is 2. The van der Waals surface area contributed by atoms with Gasteiger partial charge in [0, 0.05) is 25.4 Å². The molecule has 0 bridgehead atoms. The lowest BCUT2D eigenvalue weighted by atomic mass is 10.1. The second-order valence-electron chi connectivity index (χ2n) is 5.43. The van der Waals surface area contributed by atoms with E-state index in [1.807, 2.05) is 7.05 Å². The van der Waals surface area contributed by atoms with E-state index in [0.717, 1.165) is 24.2 Å². The number of nitrogens with zero attached hydrogens (tertiary/aromatic N) is 2. The Morgan fingerprint density at radius 2 is 1.85 bits per heavy atom. The van der Waals surface area contributed by atoms with Crippen LogP contribution in [0, 0.1) is 0 Å². The molecular formula is C13H24N4O2S. The summed E-state index contributed by atoms with van der Waals surface area (Å²) in [5.41, 5.74) is 0.988. The van der Waals surface area contributed by atoms with Gasteiger partial charge in [0.15, 0.2) is 9.84 Å². The first kappa shape index (κ1) is 16.7. The van der Waals surface area contributed by atoms with Gasteiger partial charge in [-0.1, -0.05) is 13.3 Å². The molecule has 0 saturated carbocycles. The number of aromatic nitrogens is 2. The molecule has 0 atom stereocenters. The zero-order chi connectivity index (χ0) is 15.4. The Balaban J connectivity index is 2.98. The van der Waals surface area contributed by atoms with Crippen molar-refractivity contribution in [3.05, 3.63) is 11.9 Å². The molecule has 1 rings (SSSR count). The third-order valence-corrected chi connectivity index (χ3v) is 5.52. The molecule has 2 N–H and O–H groups in total. The maximum Gasteiger partial charge on any atom is 0.154 e. The highest BCUT2D eigenvalue weighted by Gasteiger charge is 2.30. The Labute approximate surface area is 121 Å². The average Bonchev–Trinajstić information content (AvgIpc) is 2.36. The summed E-state index contributed by atoms with van der Waals surface area (Å²) in [6.45, 7) is 5.80. The van der Waals surface area contributed by atoms with E-state index in [-0.39, 0.29) is 0 Å². The zero-order valence-corrected chi connectivity index (χ0v) is 13.6. The molecule has 0 aromatic carbocycles. The van der Waals surface area contributed by atoms with Crippen LogP contribution in [0.3, 0.4) is 0 Å². The van der Waals surface area contributed by atoms with E-state index in [1.165, 1.54) is 12.6 Å². The third-order valence-electron chi connectivity index (χ3n) is 3.37. The van der Waals surface area contributed by atoms with Crippen molar-refractivity contribution in [3.63, 3.8) is 0 Å². The topological polar surface area (TPSA) is 84.0 Å². The second kappa shape index (κ2) is 6.39. The van der Waals surface area contributed by atoms with Gasteiger partial charge in [-0.2, -0.15) is 0 Å². The monoisotopic (exact) mass is 300 g/mol. The van der Waals surface area contributed by atoms with Gasteiger partial charge in [0.1, 0.15) is 18.0 Å². The molecule has 1 heterocycles. The highest BCUT2D eigenvalue weighted by Crippen LogP contribution is 2.23. The summed E-state index contributed by atoms with van der Waals surface area (Å²) in [6.07, 6.45) is 4.52. The van der Waals surface area contributed by atoms with E-state index in [2.05, 4.69) is 27.5 Å². The van der Waals surface area contributed by atoms with Crippen LogP contribution in [0.5, 0.6) is 0 Å². The fourth-order valence-corrected chi connectivity index (χ4v) is 2.03. The van der Waals surface area contributed by atoms with Gasteiger partial charge < -0.3 is 10.6 Å². The van der Waals surface area contributed by atoms with Crippen LogP contribution in [0.4, 0.5) is 11.6 Å². The van der Waals surface area contributed by atoms with Gasteiger partial charge in [0.25, 0.3) is 0 Å². The predicted molar refractivity (Wildman–Crippen MR) is 83.0 cm³/mol. The minimum absolute atomic E-state index is 0.308. The van der Waals surface area contributed by atoms with Crippen molar-refractivity contribution in [2.24, 2.45) is 0 Å². The van der Waals surface area contributed by atoms with Crippen molar-refractivity contribution in [1.82, 2.24) is 9.97 Å². The fraction of sp³-hybridized carbons (Fsp3) is 0.692. The number of anilines is 2. The maximum absolute atomic E-state index is 11.7. The van der Waals surface area contributed by atoms with Crippen molar-refractivity contribution < 1.29 is 8.42 Å².